The molecule has 7 nitrogen and oxygen atoms in total. The summed E-state index contributed by atoms with van der Waals surface area (Å²) in [5.74, 6) is -0.246. The average Bonchev–Trinajstić information content (AvgIpc) is 2.74. The topological polar surface area (TPSA) is 76.2 Å². The Kier molecular flexibility index (Phi) is 7.76. The molecule has 3 rings (SSSR count). The van der Waals surface area contributed by atoms with Crippen molar-refractivity contribution in [1.82, 2.24) is 9.21 Å². The Bertz CT molecular complexity index is 1050. The molecule has 2 aromatic carbocycles. The van der Waals surface area contributed by atoms with Gasteiger partial charge in [-0.15, -0.1) is 0 Å². The molecule has 0 radical (unpaired) electrons. The van der Waals surface area contributed by atoms with Crippen LogP contribution < -0.4 is 4.74 Å². The second kappa shape index (κ2) is 10.2. The van der Waals surface area contributed by atoms with Gasteiger partial charge in [-0.25, -0.2) is 12.8 Å². The van der Waals surface area contributed by atoms with Crippen LogP contribution in [-0.4, -0.2) is 69.0 Å². The normalized spacial score (nSPS) is 19.5. The summed E-state index contributed by atoms with van der Waals surface area (Å²) in [5, 5.41) is 0.0515. The number of sulfonamides is 1. The maximum atomic E-state index is 13.2. The highest BCUT2D eigenvalue weighted by Crippen LogP contribution is 2.28. The number of amides is 1. The van der Waals surface area contributed by atoms with Gasteiger partial charge in [0, 0.05) is 25.7 Å². The van der Waals surface area contributed by atoms with E-state index in [-0.39, 0.29) is 65.7 Å². The molecule has 0 N–H and O–H groups in total. The molecule has 1 aliphatic rings. The Morgan fingerprint density at radius 1 is 1.19 bits per heavy atom. The number of likely N-dealkylation sites (N-methyl/N-ethyl adjacent to an activating group) is 1. The van der Waals surface area contributed by atoms with E-state index < -0.39 is 10.0 Å². The number of rotatable bonds is 7. The third kappa shape index (κ3) is 5.78. The van der Waals surface area contributed by atoms with Crippen molar-refractivity contribution >= 4 is 27.5 Å². The van der Waals surface area contributed by atoms with Gasteiger partial charge in [-0.1, -0.05) is 11.6 Å². The minimum atomic E-state index is -3.90. The van der Waals surface area contributed by atoms with Crippen molar-refractivity contribution in [3.05, 3.63) is 58.9 Å². The molecule has 0 bridgehead atoms. The molecule has 0 spiro atoms. The van der Waals surface area contributed by atoms with Gasteiger partial charge >= 0.3 is 0 Å². The molecule has 2 aromatic rings. The van der Waals surface area contributed by atoms with Gasteiger partial charge in [0.2, 0.25) is 10.0 Å². The van der Waals surface area contributed by atoms with Gasteiger partial charge in [-0.3, -0.25) is 4.79 Å². The van der Waals surface area contributed by atoms with Crippen LogP contribution in [0.3, 0.4) is 0 Å². The fourth-order valence-corrected chi connectivity index (χ4v) is 5.54. The first kappa shape index (κ1) is 24.4. The van der Waals surface area contributed by atoms with Gasteiger partial charge in [-0.2, -0.15) is 4.31 Å². The summed E-state index contributed by atoms with van der Waals surface area (Å²) in [6.45, 7) is 4.48. The maximum absolute atomic E-state index is 13.2. The first-order valence-corrected chi connectivity index (χ1v) is 12.0. The maximum Gasteiger partial charge on any atom is 0.253 e. The van der Waals surface area contributed by atoms with Crippen molar-refractivity contribution in [3.8, 4) is 5.75 Å². The van der Waals surface area contributed by atoms with Crippen molar-refractivity contribution in [3.63, 3.8) is 0 Å². The van der Waals surface area contributed by atoms with Gasteiger partial charge in [0.15, 0.2) is 0 Å². The Labute approximate surface area is 192 Å². The molecular weight excluding hydrogens is 459 g/mol. The monoisotopic (exact) mass is 484 g/mol. The highest BCUT2D eigenvalue weighted by Gasteiger charge is 2.34. The zero-order chi connectivity index (χ0) is 23.5. The van der Waals surface area contributed by atoms with Crippen molar-refractivity contribution < 1.29 is 27.1 Å². The summed E-state index contributed by atoms with van der Waals surface area (Å²) >= 11 is 6.21. The van der Waals surface area contributed by atoms with Crippen LogP contribution >= 0.6 is 11.6 Å². The number of ether oxygens (including phenoxy) is 2. The number of hydrogen-bond acceptors (Lipinski definition) is 5. The van der Waals surface area contributed by atoms with Crippen LogP contribution in [0, 0.1) is 5.82 Å². The molecule has 174 valence electrons. The van der Waals surface area contributed by atoms with E-state index in [0.29, 0.717) is 5.75 Å². The third-order valence-electron chi connectivity index (χ3n) is 5.04. The van der Waals surface area contributed by atoms with E-state index in [1.807, 2.05) is 13.8 Å². The van der Waals surface area contributed by atoms with Crippen LogP contribution in [0.25, 0.3) is 0 Å². The predicted octanol–water partition coefficient (Wildman–Crippen LogP) is 3.43. The smallest absolute Gasteiger partial charge is 0.253 e. The molecule has 1 fully saturated rings. The summed E-state index contributed by atoms with van der Waals surface area (Å²) in [5.41, 5.74) is 0.201. The van der Waals surface area contributed by atoms with E-state index in [2.05, 4.69) is 0 Å². The van der Waals surface area contributed by atoms with E-state index in [0.717, 1.165) is 0 Å². The lowest BCUT2D eigenvalue weighted by Crippen LogP contribution is -2.48. The number of carbonyl (C=O) groups is 1. The molecule has 1 saturated heterocycles. The van der Waals surface area contributed by atoms with Crippen LogP contribution in [0.15, 0.2) is 47.4 Å². The molecule has 0 saturated carbocycles. The second-order valence-electron chi connectivity index (χ2n) is 7.75. The van der Waals surface area contributed by atoms with Crippen LogP contribution in [-0.2, 0) is 14.8 Å². The Morgan fingerprint density at radius 2 is 1.81 bits per heavy atom. The molecule has 10 heteroatoms. The molecular formula is C22H26ClFN2O5S. The van der Waals surface area contributed by atoms with E-state index >= 15 is 0 Å². The van der Waals surface area contributed by atoms with Crippen molar-refractivity contribution in [2.24, 2.45) is 0 Å². The summed E-state index contributed by atoms with van der Waals surface area (Å²) < 4.78 is 51.9. The standard InChI is InChI=1S/C22H26ClFN2O5S/c1-15-13-26(14-16(2)31-15)32(28,29)21-12-17(4-9-20(21)23)22(27)25(3)10-11-30-19-7-5-18(24)6-8-19/h4-9,12,15-16H,10-11,13-14H2,1-3H3/t15-,16+. The largest absolute Gasteiger partial charge is 0.492 e. The number of benzene rings is 2. The van der Waals surface area contributed by atoms with Crippen LogP contribution in [0.2, 0.25) is 5.02 Å². The van der Waals surface area contributed by atoms with Crippen molar-refractivity contribution in [2.45, 2.75) is 31.0 Å². The SMILES string of the molecule is C[C@@H]1CN(S(=O)(=O)c2cc(C(=O)N(C)CCOc3ccc(F)cc3)ccc2Cl)C[C@H](C)O1. The van der Waals surface area contributed by atoms with Gasteiger partial charge in [0.05, 0.1) is 23.8 Å². The molecule has 0 aromatic heterocycles. The fraction of sp³-hybridized carbons (Fsp3) is 0.409. The van der Waals surface area contributed by atoms with Gasteiger partial charge in [0.1, 0.15) is 23.1 Å². The molecule has 1 amide bonds. The van der Waals surface area contributed by atoms with E-state index in [9.17, 15) is 17.6 Å². The first-order chi connectivity index (χ1) is 15.1. The van der Waals surface area contributed by atoms with E-state index in [1.54, 1.807) is 7.05 Å². The van der Waals surface area contributed by atoms with Crippen molar-refractivity contribution in [1.29, 1.82) is 0 Å². The van der Waals surface area contributed by atoms with Crippen LogP contribution in [0.4, 0.5) is 4.39 Å². The van der Waals surface area contributed by atoms with E-state index in [1.165, 1.54) is 51.7 Å². The third-order valence-corrected chi connectivity index (χ3v) is 7.35. The lowest BCUT2D eigenvalue weighted by Gasteiger charge is -2.34. The quantitative estimate of drug-likeness (QED) is 0.602. The summed E-state index contributed by atoms with van der Waals surface area (Å²) in [4.78, 5) is 14.2. The van der Waals surface area contributed by atoms with Crippen LogP contribution in [0.5, 0.6) is 5.75 Å². The summed E-state index contributed by atoms with van der Waals surface area (Å²) in [7, 11) is -2.31. The highest BCUT2D eigenvalue weighted by molar-refractivity contribution is 7.89. The zero-order valence-corrected chi connectivity index (χ0v) is 19.7. The summed E-state index contributed by atoms with van der Waals surface area (Å²) in [6, 6.07) is 9.79. The predicted molar refractivity (Wildman–Crippen MR) is 119 cm³/mol. The molecule has 1 heterocycles. The average molecular weight is 485 g/mol. The second-order valence-corrected chi connectivity index (χ2v) is 10.1. The number of morpholine rings is 1. The molecule has 32 heavy (non-hydrogen) atoms. The Morgan fingerprint density at radius 3 is 2.44 bits per heavy atom. The molecule has 0 aliphatic carbocycles. The van der Waals surface area contributed by atoms with Crippen LogP contribution in [0.1, 0.15) is 24.2 Å². The van der Waals surface area contributed by atoms with Gasteiger partial charge in [-0.05, 0) is 56.3 Å². The van der Waals surface area contributed by atoms with Gasteiger partial charge < -0.3 is 14.4 Å². The molecule has 2 atom stereocenters. The first-order valence-electron chi connectivity index (χ1n) is 10.2. The number of carbonyl (C=O) groups excluding carboxylic acids is 1. The number of nitrogens with zero attached hydrogens (tertiary/aromatic N) is 2. The van der Waals surface area contributed by atoms with E-state index in [4.69, 9.17) is 21.1 Å². The fourth-order valence-electron chi connectivity index (χ4n) is 3.45. The minimum Gasteiger partial charge on any atom is -0.492 e. The lowest BCUT2D eigenvalue weighted by atomic mass is 10.2. The highest BCUT2D eigenvalue weighted by atomic mass is 35.5. The Hall–Kier alpha value is -2.20. The minimum absolute atomic E-state index is 0.0515. The van der Waals surface area contributed by atoms with Crippen molar-refractivity contribution in [2.75, 3.05) is 33.3 Å². The molecule has 1 aliphatic heterocycles. The van der Waals surface area contributed by atoms with Gasteiger partial charge in [0.25, 0.3) is 5.91 Å². The summed E-state index contributed by atoms with van der Waals surface area (Å²) in [6.07, 6.45) is -0.492. The zero-order valence-electron chi connectivity index (χ0n) is 18.1. The Balaban J connectivity index is 1.71. The molecule has 0 unspecified atom stereocenters. The number of hydrogen-bond donors (Lipinski definition) is 0. The number of halogens is 2. The lowest BCUT2D eigenvalue weighted by molar-refractivity contribution is -0.0440.